The molecule has 0 bridgehead atoms. The molecule has 9 heavy (non-hydrogen) atoms. The van der Waals surface area contributed by atoms with Gasteiger partial charge < -0.3 is 20.1 Å². The molecule has 0 aromatic rings. The van der Waals surface area contributed by atoms with E-state index in [1.165, 1.54) is 0 Å². The van der Waals surface area contributed by atoms with Crippen molar-refractivity contribution in [1.29, 1.82) is 0 Å². The van der Waals surface area contributed by atoms with Crippen molar-refractivity contribution in [3.8, 4) is 0 Å². The third kappa shape index (κ3) is 266. The van der Waals surface area contributed by atoms with Gasteiger partial charge in [-0.2, -0.15) is 0 Å². The van der Waals surface area contributed by atoms with Crippen molar-refractivity contribution >= 4 is 58.2 Å². The normalized spacial score (nSPS) is 6.44. The van der Waals surface area contributed by atoms with Crippen LogP contribution in [-0.2, 0) is 10.4 Å². The van der Waals surface area contributed by atoms with E-state index in [9.17, 15) is 0 Å². The average Bonchev–Trinajstić information content (AvgIpc) is 0.722. The minimum Gasteiger partial charge on any atom is -0.759 e. The summed E-state index contributed by atoms with van der Waals surface area (Å²) in [5.41, 5.74) is 0. The smallest absolute Gasteiger partial charge is 0.759 e. The summed E-state index contributed by atoms with van der Waals surface area (Å²) in [5, 5.41) is 0. The molecule has 0 aliphatic rings. The fourth-order valence-electron chi connectivity index (χ4n) is 0. The summed E-state index contributed by atoms with van der Waals surface area (Å²) < 4.78 is 34.1. The molecule has 0 fully saturated rings. The van der Waals surface area contributed by atoms with Crippen molar-refractivity contribution in [2.75, 3.05) is 0 Å². The van der Waals surface area contributed by atoms with Crippen molar-refractivity contribution < 1.29 is 28.5 Å². The van der Waals surface area contributed by atoms with Gasteiger partial charge in [0.25, 0.3) is 0 Å². The van der Waals surface area contributed by atoms with E-state index in [4.69, 9.17) is 17.5 Å². The van der Waals surface area contributed by atoms with Gasteiger partial charge in [0.1, 0.15) is 0 Å². The summed E-state index contributed by atoms with van der Waals surface area (Å²) in [6.45, 7) is 0. The topological polar surface area (TPSA) is 143 Å². The van der Waals surface area contributed by atoms with Gasteiger partial charge in [-0.25, -0.2) is 0 Å². The van der Waals surface area contributed by atoms with E-state index < -0.39 is 10.4 Å². The zero-order chi connectivity index (χ0) is 4.50. The Kier molecular flexibility index (Phi) is 42.4. The molecule has 0 heterocycles. The maximum atomic E-state index is 8.52. The molecule has 0 saturated heterocycles. The third-order valence-corrected chi connectivity index (χ3v) is 0. The third-order valence-electron chi connectivity index (χ3n) is 0. The Bertz CT molecular complexity index is 94.2. The van der Waals surface area contributed by atoms with E-state index in [1.807, 2.05) is 0 Å². The molecule has 0 aromatic carbocycles. The molecule has 0 saturated carbocycles. The van der Waals surface area contributed by atoms with Crippen LogP contribution in [-0.4, -0.2) is 76.3 Å². The van der Waals surface area contributed by atoms with Crippen molar-refractivity contribution in [2.24, 2.45) is 0 Å². The predicted molar refractivity (Wildman–Crippen MR) is 29.2 cm³/mol. The average molecular weight is 370 g/mol. The predicted octanol–water partition coefficient (Wildman–Crippen LogP) is -3.75. The minimum absolute atomic E-state index is 0. The molecular weight excluding hydrogens is 365 g/mol. The summed E-state index contributed by atoms with van der Waals surface area (Å²) in [7, 11) is -5.17. The van der Waals surface area contributed by atoms with Crippen LogP contribution < -0.4 is 0 Å². The largest absolute Gasteiger partial charge is 4.00 e. The van der Waals surface area contributed by atoms with Crippen LogP contribution in [0.3, 0.4) is 0 Å². The van der Waals surface area contributed by atoms with Gasteiger partial charge >= 0.3 is 47.8 Å². The summed E-state index contributed by atoms with van der Waals surface area (Å²) in [6.07, 6.45) is 0. The van der Waals surface area contributed by atoms with Crippen LogP contribution in [0.25, 0.3) is 0 Å². The Balaban J connectivity index is -0.0000000133. The van der Waals surface area contributed by atoms with E-state index in [0.717, 1.165) is 0 Å². The Morgan fingerprint density at radius 2 is 0.889 bits per heavy atom. The fourth-order valence-corrected chi connectivity index (χ4v) is 0. The van der Waals surface area contributed by atoms with Crippen LogP contribution in [0.15, 0.2) is 0 Å². The van der Waals surface area contributed by atoms with E-state index >= 15 is 0 Å². The van der Waals surface area contributed by atoms with Crippen molar-refractivity contribution in [2.45, 2.75) is 0 Å². The van der Waals surface area contributed by atoms with Gasteiger partial charge in [-0.05, 0) is 0 Å². The number of hydrogen-bond acceptors (Lipinski definition) is 4. The van der Waals surface area contributed by atoms with Crippen molar-refractivity contribution in [3.05, 3.63) is 0 Å². The Hall–Kier alpha value is 1.39. The molecule has 0 aliphatic carbocycles. The Morgan fingerprint density at radius 3 is 0.889 bits per heavy atom. The SMILES string of the molecule is O.O.O=S(=O)([O-])[O-].[Sn+4].[Sn+4]. The molecule has 0 atom stereocenters. The first-order valence-corrected chi connectivity index (χ1v) is 2.00. The molecular formula is H4O6SSn2+6. The summed E-state index contributed by atoms with van der Waals surface area (Å²) in [4.78, 5) is 0. The number of rotatable bonds is 0. The molecule has 0 unspecified atom stereocenters. The van der Waals surface area contributed by atoms with Crippen molar-refractivity contribution in [3.63, 3.8) is 0 Å². The van der Waals surface area contributed by atoms with Gasteiger partial charge in [-0.15, -0.1) is 0 Å². The number of hydrogen-bond donors (Lipinski definition) is 0. The van der Waals surface area contributed by atoms with E-state index in [2.05, 4.69) is 0 Å². The van der Waals surface area contributed by atoms with E-state index in [0.29, 0.717) is 0 Å². The maximum Gasteiger partial charge on any atom is 4.00 e. The monoisotopic (exact) mass is 372 g/mol. The Morgan fingerprint density at radius 1 is 0.889 bits per heavy atom. The first kappa shape index (κ1) is 31.5. The van der Waals surface area contributed by atoms with Crippen LogP contribution in [0, 0.1) is 0 Å². The molecule has 0 aromatic heterocycles. The molecule has 48 valence electrons. The zero-order valence-corrected chi connectivity index (χ0v) is 10.6. The maximum absolute atomic E-state index is 8.52. The van der Waals surface area contributed by atoms with Gasteiger partial charge in [-0.1, -0.05) is 0 Å². The van der Waals surface area contributed by atoms with Crippen LogP contribution in [0.1, 0.15) is 0 Å². The molecule has 0 rings (SSSR count). The molecule has 0 amide bonds. The first-order valence-electron chi connectivity index (χ1n) is 0.667. The summed E-state index contributed by atoms with van der Waals surface area (Å²) in [5.74, 6) is 0. The van der Waals surface area contributed by atoms with Crippen LogP contribution in [0.2, 0.25) is 0 Å². The first-order chi connectivity index (χ1) is 2.00. The van der Waals surface area contributed by atoms with Gasteiger partial charge in [0.05, 0.1) is 0 Å². The molecule has 0 spiro atoms. The van der Waals surface area contributed by atoms with Crippen molar-refractivity contribution in [1.82, 2.24) is 0 Å². The molecule has 6 nitrogen and oxygen atoms in total. The standard InChI is InChI=1S/H2O4S.2H2O.2Sn/c1-5(2,3)4;;;;/h(H2,1,2,3,4);2*1H2;;/q;;;2*+4/p-2. The molecule has 4 N–H and O–H groups in total. The van der Waals surface area contributed by atoms with E-state index in [-0.39, 0.29) is 58.8 Å². The molecule has 9 heteroatoms. The minimum atomic E-state index is -5.17. The van der Waals surface area contributed by atoms with Gasteiger partial charge in [0, 0.05) is 10.4 Å². The summed E-state index contributed by atoms with van der Waals surface area (Å²) >= 11 is 0. The quantitative estimate of drug-likeness (QED) is 0.245. The van der Waals surface area contributed by atoms with Crippen LogP contribution in [0.5, 0.6) is 0 Å². The van der Waals surface area contributed by atoms with Gasteiger partial charge in [-0.3, -0.25) is 8.42 Å². The van der Waals surface area contributed by atoms with E-state index in [1.54, 1.807) is 0 Å². The van der Waals surface area contributed by atoms with Gasteiger partial charge in [0.15, 0.2) is 0 Å². The molecule has 0 aliphatic heterocycles. The zero-order valence-electron chi connectivity index (χ0n) is 4.04. The van der Waals surface area contributed by atoms with Crippen LogP contribution >= 0.6 is 0 Å². The summed E-state index contributed by atoms with van der Waals surface area (Å²) in [6, 6.07) is 0. The van der Waals surface area contributed by atoms with Gasteiger partial charge in [0.2, 0.25) is 0 Å². The second-order valence-corrected chi connectivity index (χ2v) is 1.22. The molecule has 0 radical (unpaired) electrons. The second-order valence-electron chi connectivity index (χ2n) is 0.408. The fraction of sp³-hybridized carbons (Fsp3) is 0. The Labute approximate surface area is 86.1 Å². The second kappa shape index (κ2) is 12.1. The van der Waals surface area contributed by atoms with Crippen LogP contribution in [0.4, 0.5) is 0 Å².